The number of hydrogen-bond donors (Lipinski definition) is 0. The molecule has 0 saturated carbocycles. The maximum absolute atomic E-state index is 12.5. The second-order valence-corrected chi connectivity index (χ2v) is 5.73. The van der Waals surface area contributed by atoms with Crippen molar-refractivity contribution in [2.24, 2.45) is 5.41 Å². The van der Waals surface area contributed by atoms with E-state index in [0.717, 1.165) is 17.7 Å². The molecule has 19 heavy (non-hydrogen) atoms. The molecule has 1 aliphatic carbocycles. The molecular weight excluding hydrogens is 253 g/mol. The summed E-state index contributed by atoms with van der Waals surface area (Å²) in [5.41, 5.74) is 0.700. The van der Waals surface area contributed by atoms with Crippen molar-refractivity contribution in [1.29, 1.82) is 0 Å². The average molecular weight is 268 g/mol. The van der Waals surface area contributed by atoms with Crippen molar-refractivity contribution in [3.8, 4) is 0 Å². The second kappa shape index (κ2) is 4.51. The van der Waals surface area contributed by atoms with Gasteiger partial charge in [-0.25, -0.2) is 0 Å². The normalized spacial score (nSPS) is 19.2. The number of rotatable bonds is 1. The highest BCUT2D eigenvalue weighted by Crippen LogP contribution is 2.38. The highest BCUT2D eigenvalue weighted by Gasteiger charge is 2.31. The van der Waals surface area contributed by atoms with Gasteiger partial charge in [0.25, 0.3) is 0 Å². The third kappa shape index (κ3) is 3.25. The van der Waals surface area contributed by atoms with E-state index in [9.17, 15) is 18.0 Å². The third-order valence-corrected chi connectivity index (χ3v) is 3.24. The van der Waals surface area contributed by atoms with Crippen LogP contribution in [0.5, 0.6) is 0 Å². The van der Waals surface area contributed by atoms with Crippen LogP contribution in [0.1, 0.15) is 37.8 Å². The molecule has 0 bridgehead atoms. The summed E-state index contributed by atoms with van der Waals surface area (Å²) in [5, 5.41) is 0. The van der Waals surface area contributed by atoms with E-state index < -0.39 is 11.7 Å². The zero-order valence-corrected chi connectivity index (χ0v) is 10.8. The minimum atomic E-state index is -4.32. The van der Waals surface area contributed by atoms with E-state index in [-0.39, 0.29) is 11.2 Å². The van der Waals surface area contributed by atoms with Crippen molar-refractivity contribution in [3.63, 3.8) is 0 Å². The first-order chi connectivity index (χ1) is 8.67. The summed E-state index contributed by atoms with van der Waals surface area (Å²) in [6.07, 6.45) is -1.59. The van der Waals surface area contributed by atoms with E-state index in [1.807, 2.05) is 13.8 Å². The van der Waals surface area contributed by atoms with Crippen LogP contribution in [-0.4, -0.2) is 5.78 Å². The summed E-state index contributed by atoms with van der Waals surface area (Å²) in [6, 6.07) is 4.98. The number of benzene rings is 1. The monoisotopic (exact) mass is 268 g/mol. The van der Waals surface area contributed by atoms with Crippen LogP contribution < -0.4 is 0 Å². The molecule has 0 atom stereocenters. The molecule has 1 nitrogen and oxygen atoms in total. The fraction of sp³-hybridized carbons (Fsp3) is 0.400. The van der Waals surface area contributed by atoms with Crippen LogP contribution in [0, 0.1) is 5.41 Å². The fourth-order valence-electron chi connectivity index (χ4n) is 2.40. The Balaban J connectivity index is 2.30. The van der Waals surface area contributed by atoms with E-state index >= 15 is 0 Å². The summed E-state index contributed by atoms with van der Waals surface area (Å²) >= 11 is 0. The van der Waals surface area contributed by atoms with Crippen LogP contribution in [0.15, 0.2) is 30.3 Å². The van der Waals surface area contributed by atoms with Gasteiger partial charge in [-0.05, 0) is 41.2 Å². The van der Waals surface area contributed by atoms with Crippen molar-refractivity contribution in [3.05, 3.63) is 41.5 Å². The average Bonchev–Trinajstić information content (AvgIpc) is 2.25. The molecule has 1 aromatic carbocycles. The van der Waals surface area contributed by atoms with Gasteiger partial charge in [-0.15, -0.1) is 0 Å². The molecule has 0 heterocycles. The second-order valence-electron chi connectivity index (χ2n) is 5.73. The molecule has 0 aliphatic heterocycles. The number of halogens is 3. The van der Waals surface area contributed by atoms with Crippen molar-refractivity contribution in [1.82, 2.24) is 0 Å². The molecule has 0 unspecified atom stereocenters. The van der Waals surface area contributed by atoms with E-state index in [4.69, 9.17) is 0 Å². The molecule has 2 rings (SSSR count). The molecule has 0 fully saturated rings. The van der Waals surface area contributed by atoms with Crippen LogP contribution in [0.2, 0.25) is 0 Å². The smallest absolute Gasteiger partial charge is 0.295 e. The number of allylic oxidation sites excluding steroid dienone is 2. The third-order valence-electron chi connectivity index (χ3n) is 3.24. The minimum absolute atomic E-state index is 0.0335. The quantitative estimate of drug-likeness (QED) is 0.734. The molecule has 4 heteroatoms. The van der Waals surface area contributed by atoms with Crippen molar-refractivity contribution < 1.29 is 18.0 Å². The van der Waals surface area contributed by atoms with Crippen LogP contribution in [0.25, 0.3) is 5.57 Å². The number of ketones is 1. The van der Waals surface area contributed by atoms with Gasteiger partial charge in [0.1, 0.15) is 0 Å². The van der Waals surface area contributed by atoms with Crippen molar-refractivity contribution >= 4 is 11.4 Å². The molecule has 0 radical (unpaired) electrons. The molecule has 0 N–H and O–H groups in total. The summed E-state index contributed by atoms with van der Waals surface area (Å²) in [4.78, 5) is 11.6. The van der Waals surface area contributed by atoms with Crippen molar-refractivity contribution in [2.75, 3.05) is 0 Å². The van der Waals surface area contributed by atoms with E-state index in [1.165, 1.54) is 12.1 Å². The Morgan fingerprint density at radius 1 is 1.05 bits per heavy atom. The Morgan fingerprint density at radius 3 is 2.11 bits per heavy atom. The van der Waals surface area contributed by atoms with E-state index in [2.05, 4.69) is 0 Å². The van der Waals surface area contributed by atoms with Gasteiger partial charge >= 0.3 is 6.18 Å². The lowest BCUT2D eigenvalue weighted by atomic mass is 9.75. The summed E-state index contributed by atoms with van der Waals surface area (Å²) in [5.74, 6) is 0.0335. The Hall–Kier alpha value is -1.58. The molecule has 1 aromatic rings. The summed E-state index contributed by atoms with van der Waals surface area (Å²) in [7, 11) is 0. The first-order valence-corrected chi connectivity index (χ1v) is 6.08. The standard InChI is InChI=1S/C15H15F3O/c1-14(2)8-11(7-13(19)9-14)10-3-5-12(6-4-10)15(16,17)18/h3-7H,8-9H2,1-2H3. The maximum Gasteiger partial charge on any atom is 0.416 e. The topological polar surface area (TPSA) is 17.1 Å². The summed E-state index contributed by atoms with van der Waals surface area (Å²) < 4.78 is 37.4. The predicted octanol–water partition coefficient (Wildman–Crippen LogP) is 4.48. The lowest BCUT2D eigenvalue weighted by Gasteiger charge is -2.29. The highest BCUT2D eigenvalue weighted by atomic mass is 19.4. The van der Waals surface area contributed by atoms with Crippen LogP contribution in [0.3, 0.4) is 0 Å². The Bertz CT molecular complexity index is 521. The largest absolute Gasteiger partial charge is 0.416 e. The lowest BCUT2D eigenvalue weighted by molar-refractivity contribution is -0.137. The number of carbonyl (C=O) groups is 1. The number of hydrogen-bond acceptors (Lipinski definition) is 1. The van der Waals surface area contributed by atoms with Gasteiger partial charge in [-0.2, -0.15) is 13.2 Å². The molecule has 0 saturated heterocycles. The van der Waals surface area contributed by atoms with Gasteiger partial charge < -0.3 is 0 Å². The van der Waals surface area contributed by atoms with Gasteiger partial charge in [-0.3, -0.25) is 4.79 Å². The Labute approximate surface area is 110 Å². The van der Waals surface area contributed by atoms with Gasteiger partial charge in [0.05, 0.1) is 5.56 Å². The number of carbonyl (C=O) groups excluding carboxylic acids is 1. The van der Waals surface area contributed by atoms with Crippen LogP contribution in [0.4, 0.5) is 13.2 Å². The van der Waals surface area contributed by atoms with Gasteiger partial charge in [0.2, 0.25) is 0 Å². The van der Waals surface area contributed by atoms with Gasteiger partial charge in [0, 0.05) is 6.42 Å². The van der Waals surface area contributed by atoms with Crippen LogP contribution in [-0.2, 0) is 11.0 Å². The molecule has 0 aromatic heterocycles. The first-order valence-electron chi connectivity index (χ1n) is 6.08. The summed E-state index contributed by atoms with van der Waals surface area (Å²) in [6.45, 7) is 3.98. The molecule has 102 valence electrons. The lowest BCUT2D eigenvalue weighted by Crippen LogP contribution is -2.21. The minimum Gasteiger partial charge on any atom is -0.295 e. The van der Waals surface area contributed by atoms with Crippen molar-refractivity contribution in [2.45, 2.75) is 32.9 Å². The van der Waals surface area contributed by atoms with Gasteiger partial charge in [0.15, 0.2) is 5.78 Å². The molecule has 0 amide bonds. The first kappa shape index (κ1) is 13.8. The zero-order chi connectivity index (χ0) is 14.3. The molecular formula is C15H15F3O. The molecule has 1 aliphatic rings. The Kier molecular flexibility index (Phi) is 3.29. The van der Waals surface area contributed by atoms with Crippen LogP contribution >= 0.6 is 0 Å². The Morgan fingerprint density at radius 2 is 1.63 bits per heavy atom. The zero-order valence-electron chi connectivity index (χ0n) is 10.8. The molecule has 0 spiro atoms. The number of alkyl halides is 3. The maximum atomic E-state index is 12.5. The predicted molar refractivity (Wildman–Crippen MR) is 67.4 cm³/mol. The van der Waals surface area contributed by atoms with E-state index in [0.29, 0.717) is 18.4 Å². The highest BCUT2D eigenvalue weighted by molar-refractivity contribution is 5.99. The van der Waals surface area contributed by atoms with E-state index in [1.54, 1.807) is 6.08 Å². The van der Waals surface area contributed by atoms with Gasteiger partial charge in [-0.1, -0.05) is 26.0 Å². The SMILES string of the molecule is CC1(C)CC(=O)C=C(c2ccc(C(F)(F)F)cc2)C1. The fourth-order valence-corrected chi connectivity index (χ4v) is 2.40.